The molecule has 8 heteroatoms. The second-order valence-corrected chi connectivity index (χ2v) is 7.30. The van der Waals surface area contributed by atoms with Gasteiger partial charge in [0.2, 0.25) is 15.9 Å². The van der Waals surface area contributed by atoms with Crippen LogP contribution in [0.2, 0.25) is 0 Å². The number of para-hydroxylation sites is 1. The standard InChI is InChI=1S/C13H14N2O4S2/c14-21(18,19)13-6-5-10(20-13)8-15-12(17)7-9-3-1-2-4-11(9)16/h1-6,16H,7-8H2,(H,15,17)(H2,14,18,19). The number of phenolic OH excluding ortho intramolecular Hbond substituents is 1. The SMILES string of the molecule is NS(=O)(=O)c1ccc(CNC(=O)Cc2ccccc2O)s1. The molecule has 1 amide bonds. The highest BCUT2D eigenvalue weighted by Gasteiger charge is 2.12. The predicted molar refractivity (Wildman–Crippen MR) is 79.3 cm³/mol. The van der Waals surface area contributed by atoms with Gasteiger partial charge < -0.3 is 10.4 Å². The first kappa shape index (κ1) is 15.5. The van der Waals surface area contributed by atoms with Gasteiger partial charge in [-0.1, -0.05) is 18.2 Å². The summed E-state index contributed by atoms with van der Waals surface area (Å²) in [7, 11) is -3.70. The van der Waals surface area contributed by atoms with Crippen molar-refractivity contribution in [1.29, 1.82) is 0 Å². The number of primary sulfonamides is 1. The summed E-state index contributed by atoms with van der Waals surface area (Å²) in [6, 6.07) is 9.60. The third-order valence-electron chi connectivity index (χ3n) is 2.72. The number of amides is 1. The van der Waals surface area contributed by atoms with Crippen LogP contribution >= 0.6 is 11.3 Å². The lowest BCUT2D eigenvalue weighted by Gasteiger charge is -2.05. The van der Waals surface area contributed by atoms with E-state index in [0.717, 1.165) is 11.3 Å². The van der Waals surface area contributed by atoms with E-state index in [1.54, 1.807) is 24.3 Å². The number of aromatic hydroxyl groups is 1. The first-order valence-electron chi connectivity index (χ1n) is 6.01. The molecular formula is C13H14N2O4S2. The first-order chi connectivity index (χ1) is 9.86. The van der Waals surface area contributed by atoms with Gasteiger partial charge in [0.05, 0.1) is 13.0 Å². The Hall–Kier alpha value is -1.90. The van der Waals surface area contributed by atoms with Crippen molar-refractivity contribution in [3.8, 4) is 5.75 Å². The number of sulfonamides is 1. The van der Waals surface area contributed by atoms with Crippen molar-refractivity contribution in [1.82, 2.24) is 5.32 Å². The molecule has 112 valence electrons. The minimum absolute atomic E-state index is 0.0556. The van der Waals surface area contributed by atoms with Gasteiger partial charge in [0.25, 0.3) is 0 Å². The fraction of sp³-hybridized carbons (Fsp3) is 0.154. The molecule has 4 N–H and O–H groups in total. The Morgan fingerprint density at radius 1 is 1.24 bits per heavy atom. The van der Waals surface area contributed by atoms with Crippen LogP contribution < -0.4 is 10.5 Å². The van der Waals surface area contributed by atoms with Gasteiger partial charge in [-0.2, -0.15) is 0 Å². The lowest BCUT2D eigenvalue weighted by Crippen LogP contribution is -2.24. The largest absolute Gasteiger partial charge is 0.508 e. The highest BCUT2D eigenvalue weighted by atomic mass is 32.2. The number of carbonyl (C=O) groups excluding carboxylic acids is 1. The van der Waals surface area contributed by atoms with Crippen LogP contribution in [-0.4, -0.2) is 19.4 Å². The molecule has 2 rings (SSSR count). The second kappa shape index (κ2) is 6.25. The van der Waals surface area contributed by atoms with E-state index in [1.165, 1.54) is 12.1 Å². The molecule has 0 spiro atoms. The number of hydrogen-bond acceptors (Lipinski definition) is 5. The molecule has 0 radical (unpaired) electrons. The Labute approximate surface area is 126 Å². The average molecular weight is 326 g/mol. The van der Waals surface area contributed by atoms with E-state index >= 15 is 0 Å². The monoisotopic (exact) mass is 326 g/mol. The summed E-state index contributed by atoms with van der Waals surface area (Å²) in [5.41, 5.74) is 0.534. The Morgan fingerprint density at radius 2 is 1.95 bits per heavy atom. The van der Waals surface area contributed by atoms with Gasteiger partial charge in [-0.25, -0.2) is 13.6 Å². The molecule has 0 saturated heterocycles. The van der Waals surface area contributed by atoms with Gasteiger partial charge in [-0.05, 0) is 18.2 Å². The second-order valence-electron chi connectivity index (χ2n) is 4.35. The Bertz CT molecular complexity index is 753. The molecule has 0 aliphatic carbocycles. The molecule has 0 fully saturated rings. The van der Waals surface area contributed by atoms with Gasteiger partial charge in [-0.15, -0.1) is 11.3 Å². The zero-order valence-corrected chi connectivity index (χ0v) is 12.6. The van der Waals surface area contributed by atoms with Crippen LogP contribution in [0.5, 0.6) is 5.75 Å². The number of hydrogen-bond donors (Lipinski definition) is 3. The van der Waals surface area contributed by atoms with Crippen molar-refractivity contribution in [2.75, 3.05) is 0 Å². The Balaban J connectivity index is 1.93. The van der Waals surface area contributed by atoms with E-state index in [2.05, 4.69) is 5.32 Å². The summed E-state index contributed by atoms with van der Waals surface area (Å²) in [6.45, 7) is 0.215. The van der Waals surface area contributed by atoms with E-state index in [4.69, 9.17) is 5.14 Å². The average Bonchev–Trinajstić information content (AvgIpc) is 2.88. The molecule has 1 heterocycles. The minimum atomic E-state index is -3.70. The molecule has 2 aromatic rings. The third-order valence-corrected chi connectivity index (χ3v) is 5.24. The summed E-state index contributed by atoms with van der Waals surface area (Å²) in [5, 5.41) is 17.3. The lowest BCUT2D eigenvalue weighted by molar-refractivity contribution is -0.120. The number of benzene rings is 1. The first-order valence-corrected chi connectivity index (χ1v) is 8.37. The van der Waals surface area contributed by atoms with E-state index < -0.39 is 10.0 Å². The van der Waals surface area contributed by atoms with Crippen LogP contribution in [0, 0.1) is 0 Å². The maximum atomic E-state index is 11.8. The summed E-state index contributed by atoms with van der Waals surface area (Å²) in [6.07, 6.45) is 0.0556. The van der Waals surface area contributed by atoms with E-state index in [1.807, 2.05) is 0 Å². The van der Waals surface area contributed by atoms with Crippen molar-refractivity contribution in [3.63, 3.8) is 0 Å². The van der Waals surface area contributed by atoms with Crippen LogP contribution in [0.1, 0.15) is 10.4 Å². The lowest BCUT2D eigenvalue weighted by atomic mass is 10.1. The van der Waals surface area contributed by atoms with Crippen molar-refractivity contribution in [2.45, 2.75) is 17.2 Å². The molecule has 0 bridgehead atoms. The van der Waals surface area contributed by atoms with Crippen molar-refractivity contribution >= 4 is 27.3 Å². The number of nitrogens with two attached hydrogens (primary N) is 1. The van der Waals surface area contributed by atoms with E-state index in [-0.39, 0.29) is 28.8 Å². The smallest absolute Gasteiger partial charge is 0.247 e. The zero-order chi connectivity index (χ0) is 15.5. The Morgan fingerprint density at radius 3 is 2.57 bits per heavy atom. The Kier molecular flexibility index (Phi) is 4.61. The highest BCUT2D eigenvalue weighted by Crippen LogP contribution is 2.20. The molecule has 1 aromatic heterocycles. The van der Waals surface area contributed by atoms with Crippen LogP contribution in [0.4, 0.5) is 0 Å². The van der Waals surface area contributed by atoms with Gasteiger partial charge in [0.15, 0.2) is 0 Å². The third kappa shape index (κ3) is 4.28. The molecule has 0 atom stereocenters. The van der Waals surface area contributed by atoms with Crippen LogP contribution in [0.15, 0.2) is 40.6 Å². The molecule has 0 aliphatic heterocycles. The van der Waals surface area contributed by atoms with Gasteiger partial charge in [0.1, 0.15) is 9.96 Å². The molecule has 0 aliphatic rings. The van der Waals surface area contributed by atoms with Crippen LogP contribution in [-0.2, 0) is 27.8 Å². The predicted octanol–water partition coefficient (Wildman–Crippen LogP) is 0.960. The van der Waals surface area contributed by atoms with Crippen LogP contribution in [0.25, 0.3) is 0 Å². The van der Waals surface area contributed by atoms with Gasteiger partial charge in [0, 0.05) is 10.4 Å². The molecule has 0 unspecified atom stereocenters. The van der Waals surface area contributed by atoms with Crippen molar-refractivity contribution in [2.24, 2.45) is 5.14 Å². The fourth-order valence-electron chi connectivity index (χ4n) is 1.69. The highest BCUT2D eigenvalue weighted by molar-refractivity contribution is 7.91. The van der Waals surface area contributed by atoms with Gasteiger partial charge in [-0.3, -0.25) is 4.79 Å². The summed E-state index contributed by atoms with van der Waals surface area (Å²) >= 11 is 1.01. The zero-order valence-electron chi connectivity index (χ0n) is 10.9. The summed E-state index contributed by atoms with van der Waals surface area (Å²) in [5.74, 6) is -0.192. The molecular weight excluding hydrogens is 312 g/mol. The number of phenols is 1. The number of carbonyl (C=O) groups is 1. The summed E-state index contributed by atoms with van der Waals surface area (Å²) in [4.78, 5) is 12.5. The maximum Gasteiger partial charge on any atom is 0.247 e. The fourth-order valence-corrected chi connectivity index (χ4v) is 3.41. The maximum absolute atomic E-state index is 11.8. The normalized spacial score (nSPS) is 11.3. The molecule has 21 heavy (non-hydrogen) atoms. The van der Waals surface area contributed by atoms with Crippen LogP contribution in [0.3, 0.4) is 0 Å². The van der Waals surface area contributed by atoms with Crippen molar-refractivity contribution < 1.29 is 18.3 Å². The number of rotatable bonds is 5. The topological polar surface area (TPSA) is 109 Å². The van der Waals surface area contributed by atoms with Crippen molar-refractivity contribution in [3.05, 3.63) is 46.8 Å². The molecule has 0 saturated carbocycles. The van der Waals surface area contributed by atoms with E-state index in [9.17, 15) is 18.3 Å². The van der Waals surface area contributed by atoms with E-state index in [0.29, 0.717) is 10.4 Å². The number of thiophene rings is 1. The molecule has 6 nitrogen and oxygen atoms in total. The quantitative estimate of drug-likeness (QED) is 0.760. The minimum Gasteiger partial charge on any atom is -0.508 e. The molecule has 1 aromatic carbocycles. The number of nitrogens with one attached hydrogen (secondary N) is 1. The summed E-state index contributed by atoms with van der Waals surface area (Å²) < 4.78 is 22.3. The van der Waals surface area contributed by atoms with Gasteiger partial charge >= 0.3 is 0 Å².